The molecule has 0 fully saturated rings. The third-order valence-electron chi connectivity index (χ3n) is 4.58. The van der Waals surface area contributed by atoms with Gasteiger partial charge in [-0.15, -0.1) is 0 Å². The third-order valence-corrected chi connectivity index (χ3v) is 6.69. The highest BCUT2D eigenvalue weighted by Gasteiger charge is 2.29. The predicted octanol–water partition coefficient (Wildman–Crippen LogP) is 3.09. The Morgan fingerprint density at radius 3 is 2.45 bits per heavy atom. The van der Waals surface area contributed by atoms with Crippen LogP contribution in [0.3, 0.4) is 0 Å². The topological polar surface area (TPSA) is 79.4 Å². The lowest BCUT2D eigenvalue weighted by molar-refractivity contribution is 0.0953. The second kappa shape index (κ2) is 8.87. The quantitative estimate of drug-likeness (QED) is 0.649. The van der Waals surface area contributed by atoms with Crippen LogP contribution in [0.1, 0.15) is 21.2 Å². The molecular weight excluding hydrogens is 386 g/mol. The number of benzene rings is 2. The molecule has 0 radical (unpaired) electrons. The molecule has 150 valence electrons. The molecule has 1 N–H and O–H groups in total. The van der Waals surface area contributed by atoms with Crippen LogP contribution in [0.5, 0.6) is 0 Å². The normalized spacial score (nSPS) is 12.2. The van der Waals surface area contributed by atoms with E-state index in [1.165, 1.54) is 6.20 Å². The summed E-state index contributed by atoms with van der Waals surface area (Å²) in [5, 5.41) is 1.83. The molecule has 7 heteroatoms. The second-order valence-electron chi connectivity index (χ2n) is 6.79. The second-order valence-corrected chi connectivity index (χ2v) is 8.92. The lowest BCUT2D eigenvalue weighted by Gasteiger charge is -2.19. The van der Waals surface area contributed by atoms with E-state index in [9.17, 15) is 13.2 Å². The van der Waals surface area contributed by atoms with Crippen molar-refractivity contribution >= 4 is 21.4 Å². The van der Waals surface area contributed by atoms with Gasteiger partial charge in [-0.2, -0.15) is 0 Å². The number of amides is 1. The largest absolute Gasteiger partial charge is 0.378 e. The van der Waals surface area contributed by atoms with Crippen LogP contribution in [0.25, 0.3) is 0 Å². The maximum absolute atomic E-state index is 13.2. The zero-order valence-electron chi connectivity index (χ0n) is 16.3. The van der Waals surface area contributed by atoms with Crippen LogP contribution in [0.4, 0.5) is 5.69 Å². The highest BCUT2D eigenvalue weighted by atomic mass is 32.2. The molecule has 1 atom stereocenters. The zero-order valence-corrected chi connectivity index (χ0v) is 17.1. The molecule has 1 heterocycles. The molecular formula is C22H23N3O3S. The van der Waals surface area contributed by atoms with Crippen molar-refractivity contribution in [1.29, 1.82) is 0 Å². The molecule has 0 aliphatic heterocycles. The van der Waals surface area contributed by atoms with Crippen molar-refractivity contribution in [3.05, 3.63) is 90.3 Å². The van der Waals surface area contributed by atoms with Crippen molar-refractivity contribution in [3.8, 4) is 0 Å². The molecule has 1 amide bonds. The molecule has 0 saturated heterocycles. The fourth-order valence-electron chi connectivity index (χ4n) is 2.96. The first-order valence-electron chi connectivity index (χ1n) is 9.14. The molecule has 3 rings (SSSR count). The number of rotatable bonds is 7. The Bertz CT molecular complexity index is 1070. The number of anilines is 1. The molecule has 6 nitrogen and oxygen atoms in total. The minimum Gasteiger partial charge on any atom is -0.378 e. The minimum absolute atomic E-state index is 0.0616. The molecule has 3 aromatic rings. The summed E-state index contributed by atoms with van der Waals surface area (Å²) in [6.45, 7) is -0.0616. The van der Waals surface area contributed by atoms with Gasteiger partial charge in [-0.1, -0.05) is 30.3 Å². The van der Waals surface area contributed by atoms with E-state index in [4.69, 9.17) is 0 Å². The molecule has 2 aromatic carbocycles. The number of sulfone groups is 1. The van der Waals surface area contributed by atoms with Crippen LogP contribution in [-0.4, -0.2) is 39.9 Å². The van der Waals surface area contributed by atoms with Gasteiger partial charge in [-0.3, -0.25) is 9.78 Å². The molecule has 0 aliphatic carbocycles. The number of nitrogens with zero attached hydrogens (tertiary/aromatic N) is 2. The predicted molar refractivity (Wildman–Crippen MR) is 114 cm³/mol. The molecule has 1 aromatic heterocycles. The smallest absolute Gasteiger partial charge is 0.251 e. The third kappa shape index (κ3) is 4.81. The van der Waals surface area contributed by atoms with Gasteiger partial charge >= 0.3 is 0 Å². The lowest BCUT2D eigenvalue weighted by Crippen LogP contribution is -2.32. The summed E-state index contributed by atoms with van der Waals surface area (Å²) in [6.07, 6.45) is 3.10. The molecule has 29 heavy (non-hydrogen) atoms. The Morgan fingerprint density at radius 2 is 1.79 bits per heavy atom. The van der Waals surface area contributed by atoms with E-state index in [0.29, 0.717) is 11.1 Å². The van der Waals surface area contributed by atoms with E-state index in [2.05, 4.69) is 10.3 Å². The van der Waals surface area contributed by atoms with Crippen LogP contribution in [0.2, 0.25) is 0 Å². The lowest BCUT2D eigenvalue weighted by atomic mass is 10.1. The maximum Gasteiger partial charge on any atom is 0.251 e. The number of nitrogens with one attached hydrogen (secondary N) is 1. The number of hydrogen-bond donors (Lipinski definition) is 1. The first kappa shape index (κ1) is 20.5. The van der Waals surface area contributed by atoms with Crippen LogP contribution in [0.15, 0.2) is 84.0 Å². The van der Waals surface area contributed by atoms with Gasteiger partial charge in [-0.05, 0) is 42.0 Å². The Kier molecular flexibility index (Phi) is 6.29. The van der Waals surface area contributed by atoms with E-state index in [0.717, 1.165) is 5.69 Å². The highest BCUT2D eigenvalue weighted by Crippen LogP contribution is 2.28. The van der Waals surface area contributed by atoms with Crippen LogP contribution < -0.4 is 10.2 Å². The van der Waals surface area contributed by atoms with Gasteiger partial charge in [0.05, 0.1) is 4.90 Å². The number of aromatic nitrogens is 1. The summed E-state index contributed by atoms with van der Waals surface area (Å²) in [7, 11) is 0.0650. The Labute approximate surface area is 171 Å². The fraction of sp³-hybridized carbons (Fsp3) is 0.182. The van der Waals surface area contributed by atoms with E-state index >= 15 is 0 Å². The van der Waals surface area contributed by atoms with E-state index in [1.807, 2.05) is 25.1 Å². The number of carbonyl (C=O) groups excluding carboxylic acids is 1. The summed E-state index contributed by atoms with van der Waals surface area (Å²) in [4.78, 5) is 18.8. The summed E-state index contributed by atoms with van der Waals surface area (Å²) >= 11 is 0. The van der Waals surface area contributed by atoms with Crippen molar-refractivity contribution in [2.75, 3.05) is 25.5 Å². The zero-order chi connectivity index (χ0) is 20.9. The average molecular weight is 410 g/mol. The monoisotopic (exact) mass is 409 g/mol. The van der Waals surface area contributed by atoms with Crippen molar-refractivity contribution in [2.24, 2.45) is 0 Å². The van der Waals surface area contributed by atoms with Gasteiger partial charge < -0.3 is 10.2 Å². The standard InChI is InChI=1S/C22H23N3O3S/c1-25(2)19-10-6-8-17(14-19)22(26)24-16-21(18-9-7-13-23-15-18)29(27,28)20-11-4-3-5-12-20/h3-15,21H,16H2,1-2H3,(H,24,26)/t21-/m1/s1. The molecule has 0 saturated carbocycles. The average Bonchev–Trinajstić information content (AvgIpc) is 2.75. The van der Waals surface area contributed by atoms with Crippen molar-refractivity contribution < 1.29 is 13.2 Å². The molecule has 0 spiro atoms. The summed E-state index contributed by atoms with van der Waals surface area (Å²) in [6, 6.07) is 18.8. The van der Waals surface area contributed by atoms with Gasteiger partial charge in [0.2, 0.25) is 0 Å². The Balaban J connectivity index is 1.87. The van der Waals surface area contributed by atoms with E-state index in [-0.39, 0.29) is 17.3 Å². The minimum atomic E-state index is -3.72. The Hall–Kier alpha value is -3.19. The number of pyridine rings is 1. The molecule has 0 unspecified atom stereocenters. The Morgan fingerprint density at radius 1 is 1.03 bits per heavy atom. The van der Waals surface area contributed by atoms with Crippen LogP contribution >= 0.6 is 0 Å². The van der Waals surface area contributed by atoms with Crippen molar-refractivity contribution in [2.45, 2.75) is 10.1 Å². The van der Waals surface area contributed by atoms with Crippen LogP contribution in [0, 0.1) is 0 Å². The summed E-state index contributed by atoms with van der Waals surface area (Å²) < 4.78 is 26.5. The van der Waals surface area contributed by atoms with Crippen molar-refractivity contribution in [3.63, 3.8) is 0 Å². The molecule has 0 aliphatic rings. The van der Waals surface area contributed by atoms with Crippen LogP contribution in [-0.2, 0) is 9.84 Å². The van der Waals surface area contributed by atoms with Gasteiger partial charge in [-0.25, -0.2) is 8.42 Å². The van der Waals surface area contributed by atoms with Crippen molar-refractivity contribution in [1.82, 2.24) is 10.3 Å². The van der Waals surface area contributed by atoms with E-state index in [1.54, 1.807) is 66.9 Å². The fourth-order valence-corrected chi connectivity index (χ4v) is 4.63. The summed E-state index contributed by atoms with van der Waals surface area (Å²) in [5.41, 5.74) is 1.88. The molecule has 0 bridgehead atoms. The van der Waals surface area contributed by atoms with Gasteiger partial charge in [0, 0.05) is 44.3 Å². The SMILES string of the molecule is CN(C)c1cccc(C(=O)NC[C@H](c2cccnc2)S(=O)(=O)c2ccccc2)c1. The summed E-state index contributed by atoms with van der Waals surface area (Å²) in [5.74, 6) is -0.328. The van der Waals surface area contributed by atoms with Gasteiger partial charge in [0.25, 0.3) is 5.91 Å². The van der Waals surface area contributed by atoms with Gasteiger partial charge in [0.15, 0.2) is 9.84 Å². The maximum atomic E-state index is 13.2. The number of carbonyl (C=O) groups is 1. The van der Waals surface area contributed by atoms with Gasteiger partial charge in [0.1, 0.15) is 5.25 Å². The van der Waals surface area contributed by atoms with E-state index < -0.39 is 15.1 Å². The first-order chi connectivity index (χ1) is 13.9. The number of hydrogen-bond acceptors (Lipinski definition) is 5. The first-order valence-corrected chi connectivity index (χ1v) is 10.7. The highest BCUT2D eigenvalue weighted by molar-refractivity contribution is 7.91.